The summed E-state index contributed by atoms with van der Waals surface area (Å²) in [5.41, 5.74) is 7.09. The number of rotatable bonds is 5. The van der Waals surface area contributed by atoms with Gasteiger partial charge in [0.15, 0.2) is 0 Å². The van der Waals surface area contributed by atoms with Crippen molar-refractivity contribution in [1.82, 2.24) is 9.80 Å². The Labute approximate surface area is 128 Å². The molecule has 1 heterocycles. The van der Waals surface area contributed by atoms with Crippen molar-refractivity contribution < 1.29 is 4.79 Å². The third-order valence-corrected chi connectivity index (χ3v) is 5.22. The van der Waals surface area contributed by atoms with Crippen molar-refractivity contribution in [2.45, 2.75) is 64.0 Å². The first-order valence-corrected chi connectivity index (χ1v) is 8.64. The average molecular weight is 291 g/mol. The molecule has 0 spiro atoms. The summed E-state index contributed by atoms with van der Waals surface area (Å²) in [5.74, 6) is 0.881. The fourth-order valence-corrected chi connectivity index (χ4v) is 3.83. The summed E-state index contributed by atoms with van der Waals surface area (Å²) in [6.45, 7) is 4.53. The Morgan fingerprint density at radius 2 is 2.24 bits per heavy atom. The van der Waals surface area contributed by atoms with Crippen LogP contribution in [0.2, 0.25) is 0 Å². The summed E-state index contributed by atoms with van der Waals surface area (Å²) < 4.78 is 0. The molecule has 0 radical (unpaired) electrons. The summed E-state index contributed by atoms with van der Waals surface area (Å²) in [7, 11) is 0. The van der Waals surface area contributed by atoms with Crippen LogP contribution in [0.1, 0.15) is 51.9 Å². The van der Waals surface area contributed by atoms with Crippen LogP contribution in [0, 0.1) is 5.92 Å². The molecule has 0 aromatic rings. The fraction of sp³-hybridized carbons (Fsp3) is 0.824. The van der Waals surface area contributed by atoms with Crippen molar-refractivity contribution in [3.8, 4) is 0 Å². The number of nitrogens with two attached hydrogens (primary N) is 1. The zero-order valence-corrected chi connectivity index (χ0v) is 13.3. The second kappa shape index (κ2) is 6.49. The topological polar surface area (TPSA) is 49.6 Å². The van der Waals surface area contributed by atoms with Crippen molar-refractivity contribution >= 4 is 5.91 Å². The number of carbonyl (C=O) groups excluding carboxylic acids is 1. The number of hydrogen-bond donors (Lipinski definition) is 1. The van der Waals surface area contributed by atoms with Crippen molar-refractivity contribution in [3.05, 3.63) is 11.8 Å². The van der Waals surface area contributed by atoms with Crippen molar-refractivity contribution in [2.24, 2.45) is 11.7 Å². The van der Waals surface area contributed by atoms with Gasteiger partial charge in [-0.15, -0.1) is 0 Å². The second-order valence-electron chi connectivity index (χ2n) is 7.05. The molecule has 2 unspecified atom stereocenters. The lowest BCUT2D eigenvalue weighted by atomic mass is 10.0. The zero-order chi connectivity index (χ0) is 14.8. The molecule has 118 valence electrons. The average Bonchev–Trinajstić information content (AvgIpc) is 3.25. The number of carbonyl (C=O) groups is 1. The Bertz CT molecular complexity index is 416. The van der Waals surface area contributed by atoms with Crippen LogP contribution in [0.25, 0.3) is 0 Å². The summed E-state index contributed by atoms with van der Waals surface area (Å²) in [6, 6.07) is 0.981. The van der Waals surface area contributed by atoms with Crippen molar-refractivity contribution in [1.29, 1.82) is 0 Å². The smallest absolute Gasteiger partial charge is 0.241 e. The van der Waals surface area contributed by atoms with Gasteiger partial charge in [0.05, 0.1) is 6.54 Å². The molecule has 0 bridgehead atoms. The normalized spacial score (nSPS) is 30.3. The van der Waals surface area contributed by atoms with E-state index in [1.54, 1.807) is 0 Å². The van der Waals surface area contributed by atoms with E-state index in [-0.39, 0.29) is 0 Å². The first-order chi connectivity index (χ1) is 10.2. The molecule has 1 amide bonds. The van der Waals surface area contributed by atoms with Crippen LogP contribution >= 0.6 is 0 Å². The maximum absolute atomic E-state index is 12.8. The third kappa shape index (κ3) is 3.49. The molecular formula is C17H29N3O. The Hall–Kier alpha value is -0.870. The summed E-state index contributed by atoms with van der Waals surface area (Å²) in [4.78, 5) is 17.3. The zero-order valence-electron chi connectivity index (χ0n) is 13.3. The Kier molecular flexibility index (Phi) is 4.65. The maximum Gasteiger partial charge on any atom is 0.241 e. The van der Waals surface area contributed by atoms with Gasteiger partial charge in [-0.3, -0.25) is 9.69 Å². The lowest BCUT2D eigenvalue weighted by Crippen LogP contribution is -2.42. The van der Waals surface area contributed by atoms with Crippen molar-refractivity contribution in [3.63, 3.8) is 0 Å². The van der Waals surface area contributed by atoms with Crippen LogP contribution in [0.4, 0.5) is 0 Å². The van der Waals surface area contributed by atoms with E-state index >= 15 is 0 Å². The lowest BCUT2D eigenvalue weighted by Gasteiger charge is -2.30. The molecule has 0 aromatic heterocycles. The first-order valence-electron chi connectivity index (χ1n) is 8.64. The summed E-state index contributed by atoms with van der Waals surface area (Å²) in [6.07, 6.45) is 10.5. The van der Waals surface area contributed by atoms with E-state index in [1.807, 2.05) is 0 Å². The predicted molar refractivity (Wildman–Crippen MR) is 84.6 cm³/mol. The van der Waals surface area contributed by atoms with Gasteiger partial charge in [-0.1, -0.05) is 6.08 Å². The Morgan fingerprint density at radius 3 is 2.81 bits per heavy atom. The minimum atomic E-state index is 0.315. The third-order valence-electron chi connectivity index (χ3n) is 5.22. The molecule has 2 N–H and O–H groups in total. The van der Waals surface area contributed by atoms with E-state index in [0.717, 1.165) is 32.4 Å². The van der Waals surface area contributed by atoms with Gasteiger partial charge in [0.1, 0.15) is 0 Å². The molecule has 4 nitrogen and oxygen atoms in total. The summed E-state index contributed by atoms with van der Waals surface area (Å²) >= 11 is 0. The molecule has 1 saturated carbocycles. The van der Waals surface area contributed by atoms with E-state index < -0.39 is 0 Å². The second-order valence-corrected chi connectivity index (χ2v) is 7.05. The minimum Gasteiger partial charge on any atom is -0.330 e. The highest BCUT2D eigenvalue weighted by molar-refractivity contribution is 5.81. The number of hydrogen-bond acceptors (Lipinski definition) is 3. The standard InChI is InChI=1S/C17H29N3O/c1-13-9-14(10-18)11-19(13)12-17(21)20(16-7-8-16)15-5-3-2-4-6-15/h5,13-14,16H,2-4,6-12,18H2,1H3. The van der Waals surface area contributed by atoms with Gasteiger partial charge in [-0.25, -0.2) is 0 Å². The molecule has 21 heavy (non-hydrogen) atoms. The minimum absolute atomic E-state index is 0.315. The van der Waals surface area contributed by atoms with Crippen LogP contribution in [0.15, 0.2) is 11.8 Å². The first kappa shape index (κ1) is 15.0. The van der Waals surface area contributed by atoms with Gasteiger partial charge in [0, 0.05) is 24.3 Å². The van der Waals surface area contributed by atoms with Gasteiger partial charge >= 0.3 is 0 Å². The molecule has 2 atom stereocenters. The maximum atomic E-state index is 12.8. The molecule has 2 fully saturated rings. The quantitative estimate of drug-likeness (QED) is 0.844. The summed E-state index contributed by atoms with van der Waals surface area (Å²) in [5, 5.41) is 0. The van der Waals surface area contributed by atoms with Gasteiger partial charge in [-0.2, -0.15) is 0 Å². The Morgan fingerprint density at radius 1 is 1.43 bits per heavy atom. The lowest BCUT2D eigenvalue weighted by molar-refractivity contribution is -0.131. The van der Waals surface area contributed by atoms with Crippen LogP contribution in [-0.4, -0.2) is 47.4 Å². The predicted octanol–water partition coefficient (Wildman–Crippen LogP) is 2.10. The Balaban J connectivity index is 1.63. The highest BCUT2D eigenvalue weighted by Crippen LogP contribution is 2.34. The number of allylic oxidation sites excluding steroid dienone is 2. The van der Waals surface area contributed by atoms with Crippen molar-refractivity contribution in [2.75, 3.05) is 19.6 Å². The molecule has 1 aliphatic heterocycles. The van der Waals surface area contributed by atoms with Gasteiger partial charge in [-0.05, 0) is 64.3 Å². The monoisotopic (exact) mass is 291 g/mol. The SMILES string of the molecule is CC1CC(CN)CN1CC(=O)N(C1=CCCCC1)C1CC1. The number of amides is 1. The van der Waals surface area contributed by atoms with Crippen LogP contribution < -0.4 is 5.73 Å². The molecule has 1 saturated heterocycles. The van der Waals surface area contributed by atoms with E-state index in [4.69, 9.17) is 5.73 Å². The van der Waals surface area contributed by atoms with E-state index in [0.29, 0.717) is 30.5 Å². The van der Waals surface area contributed by atoms with Gasteiger partial charge < -0.3 is 10.6 Å². The van der Waals surface area contributed by atoms with Crippen LogP contribution in [0.5, 0.6) is 0 Å². The van der Waals surface area contributed by atoms with E-state index in [9.17, 15) is 4.79 Å². The largest absolute Gasteiger partial charge is 0.330 e. The fourth-order valence-electron chi connectivity index (χ4n) is 3.83. The molecule has 3 rings (SSSR count). The van der Waals surface area contributed by atoms with Gasteiger partial charge in [0.25, 0.3) is 0 Å². The van der Waals surface area contributed by atoms with E-state index in [1.165, 1.54) is 31.4 Å². The van der Waals surface area contributed by atoms with Crippen LogP contribution in [-0.2, 0) is 4.79 Å². The molecule has 2 aliphatic carbocycles. The van der Waals surface area contributed by atoms with Crippen LogP contribution in [0.3, 0.4) is 0 Å². The number of nitrogens with zero attached hydrogens (tertiary/aromatic N) is 2. The van der Waals surface area contributed by atoms with E-state index in [2.05, 4.69) is 22.8 Å². The number of likely N-dealkylation sites (tertiary alicyclic amines) is 1. The molecule has 4 heteroatoms. The highest BCUT2D eigenvalue weighted by atomic mass is 16.2. The molecule has 0 aromatic carbocycles. The highest BCUT2D eigenvalue weighted by Gasteiger charge is 2.37. The molecular weight excluding hydrogens is 262 g/mol. The molecule has 3 aliphatic rings. The van der Waals surface area contributed by atoms with Gasteiger partial charge in [0.2, 0.25) is 5.91 Å².